The molecule has 5 rings (SSSR count). The summed E-state index contributed by atoms with van der Waals surface area (Å²) < 4.78 is 29.0. The molecule has 1 N–H and O–H groups in total. The van der Waals surface area contributed by atoms with Crippen LogP contribution in [-0.4, -0.2) is 39.6 Å². The fraction of sp³-hybridized carbons (Fsp3) is 0.429. The third kappa shape index (κ3) is 4.16. The van der Waals surface area contributed by atoms with E-state index >= 15 is 0 Å². The van der Waals surface area contributed by atoms with Crippen molar-refractivity contribution in [1.29, 1.82) is 0 Å². The van der Waals surface area contributed by atoms with Gasteiger partial charge >= 0.3 is 0 Å². The fourth-order valence-electron chi connectivity index (χ4n) is 3.81. The van der Waals surface area contributed by atoms with Crippen LogP contribution in [0.2, 0.25) is 0 Å². The Morgan fingerprint density at radius 3 is 2.71 bits per heavy atom. The Kier molecular flexibility index (Phi) is 5.17. The van der Waals surface area contributed by atoms with Crippen molar-refractivity contribution >= 4 is 32.7 Å². The van der Waals surface area contributed by atoms with E-state index < -0.39 is 11.6 Å². The Morgan fingerprint density at radius 1 is 1.19 bits per heavy atom. The minimum absolute atomic E-state index is 0.0164. The van der Waals surface area contributed by atoms with Gasteiger partial charge in [-0.1, -0.05) is 11.3 Å². The van der Waals surface area contributed by atoms with E-state index in [9.17, 15) is 18.4 Å². The normalized spacial score (nSPS) is 17.3. The number of carbonyl (C=O) groups excluding carboxylic acids is 1. The van der Waals surface area contributed by atoms with E-state index in [1.807, 2.05) is 0 Å². The van der Waals surface area contributed by atoms with E-state index in [1.165, 1.54) is 22.2 Å². The molecule has 1 saturated carbocycles. The second-order valence-electron chi connectivity index (χ2n) is 8.11. The van der Waals surface area contributed by atoms with Crippen molar-refractivity contribution in [2.45, 2.75) is 38.3 Å². The molecule has 0 bridgehead atoms. The molecule has 2 aromatic heterocycles. The minimum atomic E-state index is -0.577. The highest BCUT2D eigenvalue weighted by Crippen LogP contribution is 2.30. The molecular weight excluding hydrogens is 424 g/mol. The largest absolute Gasteiger partial charge is 0.353 e. The number of halogens is 2. The summed E-state index contributed by atoms with van der Waals surface area (Å²) in [5.74, 6) is -0.983. The van der Waals surface area contributed by atoms with E-state index in [1.54, 1.807) is 0 Å². The molecule has 10 heteroatoms. The molecule has 1 aliphatic carbocycles. The summed E-state index contributed by atoms with van der Waals surface area (Å²) in [4.78, 5) is 36.0. The lowest BCUT2D eigenvalue weighted by Gasteiger charge is -2.30. The number of thiazole rings is 1. The number of benzene rings is 1. The van der Waals surface area contributed by atoms with Gasteiger partial charge in [0.2, 0.25) is 5.91 Å². The van der Waals surface area contributed by atoms with Gasteiger partial charge in [-0.25, -0.2) is 13.8 Å². The summed E-state index contributed by atoms with van der Waals surface area (Å²) in [6, 6.07) is 3.52. The Labute approximate surface area is 180 Å². The number of rotatable bonds is 5. The molecule has 0 unspecified atom stereocenters. The lowest BCUT2D eigenvalue weighted by molar-refractivity contribution is -0.125. The zero-order valence-electron chi connectivity index (χ0n) is 16.7. The van der Waals surface area contributed by atoms with Gasteiger partial charge in [0.1, 0.15) is 22.7 Å². The number of fused-ring (bicyclic) bond motifs is 1. The van der Waals surface area contributed by atoms with Gasteiger partial charge in [0.15, 0.2) is 10.8 Å². The number of piperidine rings is 1. The summed E-state index contributed by atoms with van der Waals surface area (Å²) in [5.41, 5.74) is 0.0882. The molecule has 0 atom stereocenters. The van der Waals surface area contributed by atoms with Crippen LogP contribution in [-0.2, 0) is 11.3 Å². The quantitative estimate of drug-likeness (QED) is 0.653. The van der Waals surface area contributed by atoms with Crippen LogP contribution in [0.1, 0.15) is 31.2 Å². The Balaban J connectivity index is 1.32. The smallest absolute Gasteiger partial charge is 0.273 e. The maximum absolute atomic E-state index is 14.0. The maximum Gasteiger partial charge on any atom is 0.273 e. The number of amides is 1. The second kappa shape index (κ2) is 7.99. The standard InChI is InChI=1S/C21H21F2N5O2S/c22-14-1-4-16(23)13(9-14)10-28-11-24-18-17(20(28)30)31-21(26-18)27-7-5-12(6-8-27)19(29)25-15-2-3-15/h1,4,9,11-12,15H,2-3,5-8,10H2,(H,25,29). The van der Waals surface area contributed by atoms with Crippen LogP contribution in [0.5, 0.6) is 0 Å². The monoisotopic (exact) mass is 445 g/mol. The first-order valence-corrected chi connectivity index (χ1v) is 11.1. The summed E-state index contributed by atoms with van der Waals surface area (Å²) >= 11 is 1.24. The number of nitrogens with zero attached hydrogens (tertiary/aromatic N) is 4. The number of hydrogen-bond donors (Lipinski definition) is 1. The first kappa shape index (κ1) is 20.0. The lowest BCUT2D eigenvalue weighted by Crippen LogP contribution is -2.41. The highest BCUT2D eigenvalue weighted by molar-refractivity contribution is 7.22. The number of hydrogen-bond acceptors (Lipinski definition) is 6. The zero-order valence-corrected chi connectivity index (χ0v) is 17.5. The number of nitrogens with one attached hydrogen (secondary N) is 1. The third-order valence-electron chi connectivity index (χ3n) is 5.78. The molecule has 0 spiro atoms. The predicted molar refractivity (Wildman–Crippen MR) is 113 cm³/mol. The highest BCUT2D eigenvalue weighted by atomic mass is 32.1. The van der Waals surface area contributed by atoms with E-state index in [0.29, 0.717) is 34.6 Å². The van der Waals surface area contributed by atoms with Crippen molar-refractivity contribution < 1.29 is 13.6 Å². The van der Waals surface area contributed by atoms with Crippen LogP contribution in [0, 0.1) is 17.6 Å². The molecule has 1 aromatic carbocycles. The predicted octanol–water partition coefficient (Wildman–Crippen LogP) is 2.67. The minimum Gasteiger partial charge on any atom is -0.353 e. The van der Waals surface area contributed by atoms with Crippen molar-refractivity contribution in [2.24, 2.45) is 5.92 Å². The SMILES string of the molecule is O=C(NC1CC1)C1CCN(c2nc3ncn(Cc4cc(F)ccc4F)c(=O)c3s2)CC1. The molecular formula is C21H21F2N5O2S. The molecule has 1 aliphatic heterocycles. The molecule has 0 radical (unpaired) electrons. The molecule has 3 aromatic rings. The van der Waals surface area contributed by atoms with Gasteiger partial charge in [0, 0.05) is 30.6 Å². The average molecular weight is 445 g/mol. The van der Waals surface area contributed by atoms with Crippen molar-refractivity contribution in [2.75, 3.05) is 18.0 Å². The Hall–Kier alpha value is -2.88. The van der Waals surface area contributed by atoms with Gasteiger partial charge in [0.05, 0.1) is 6.54 Å². The first-order chi connectivity index (χ1) is 15.0. The van der Waals surface area contributed by atoms with Crippen LogP contribution in [0.4, 0.5) is 13.9 Å². The number of aromatic nitrogens is 3. The van der Waals surface area contributed by atoms with Gasteiger partial charge < -0.3 is 10.2 Å². The summed E-state index contributed by atoms with van der Waals surface area (Å²) in [5, 5.41) is 3.76. The van der Waals surface area contributed by atoms with E-state index in [-0.39, 0.29) is 29.5 Å². The molecule has 3 heterocycles. The van der Waals surface area contributed by atoms with Gasteiger partial charge in [-0.05, 0) is 43.9 Å². The topological polar surface area (TPSA) is 80.1 Å². The van der Waals surface area contributed by atoms with Crippen molar-refractivity contribution in [3.63, 3.8) is 0 Å². The molecule has 162 valence electrons. The molecule has 7 nitrogen and oxygen atoms in total. The average Bonchev–Trinajstić information content (AvgIpc) is 3.47. The van der Waals surface area contributed by atoms with E-state index in [4.69, 9.17) is 0 Å². The maximum atomic E-state index is 14.0. The van der Waals surface area contributed by atoms with Gasteiger partial charge in [-0.3, -0.25) is 14.2 Å². The first-order valence-electron chi connectivity index (χ1n) is 10.3. The number of anilines is 1. The van der Waals surface area contributed by atoms with E-state index in [2.05, 4.69) is 20.2 Å². The number of carbonyl (C=O) groups is 1. The van der Waals surface area contributed by atoms with Crippen molar-refractivity contribution in [3.05, 3.63) is 52.1 Å². The Bertz CT molecular complexity index is 1200. The molecule has 31 heavy (non-hydrogen) atoms. The van der Waals surface area contributed by atoms with Crippen molar-refractivity contribution in [1.82, 2.24) is 19.9 Å². The van der Waals surface area contributed by atoms with Crippen LogP contribution in [0.15, 0.2) is 29.3 Å². The van der Waals surface area contributed by atoms with Gasteiger partial charge in [-0.15, -0.1) is 0 Å². The van der Waals surface area contributed by atoms with Crippen LogP contribution in [0.3, 0.4) is 0 Å². The zero-order chi connectivity index (χ0) is 21.5. The van der Waals surface area contributed by atoms with E-state index in [0.717, 1.165) is 43.9 Å². The van der Waals surface area contributed by atoms with Gasteiger partial charge in [0.25, 0.3) is 5.56 Å². The highest BCUT2D eigenvalue weighted by Gasteiger charge is 2.30. The Morgan fingerprint density at radius 2 is 1.97 bits per heavy atom. The molecule has 2 fully saturated rings. The second-order valence-corrected chi connectivity index (χ2v) is 9.08. The van der Waals surface area contributed by atoms with Gasteiger partial charge in [-0.2, -0.15) is 4.98 Å². The van der Waals surface area contributed by atoms with Crippen LogP contribution in [0.25, 0.3) is 10.3 Å². The molecule has 2 aliphatic rings. The fourth-order valence-corrected chi connectivity index (χ4v) is 4.83. The summed E-state index contributed by atoms with van der Waals surface area (Å²) in [6.07, 6.45) is 4.95. The van der Waals surface area contributed by atoms with Crippen molar-refractivity contribution in [3.8, 4) is 0 Å². The lowest BCUT2D eigenvalue weighted by atomic mass is 9.96. The third-order valence-corrected chi connectivity index (χ3v) is 6.87. The van der Waals surface area contributed by atoms with Crippen LogP contribution >= 0.6 is 11.3 Å². The summed E-state index contributed by atoms with van der Waals surface area (Å²) in [6.45, 7) is 1.26. The molecule has 1 saturated heterocycles. The molecule has 1 amide bonds. The summed E-state index contributed by atoms with van der Waals surface area (Å²) in [7, 11) is 0. The van der Waals surface area contributed by atoms with Crippen LogP contribution < -0.4 is 15.8 Å².